The molecule has 0 aromatic heterocycles. The molecule has 1 aliphatic rings. The SMILES string of the molecule is CCC(CO)(CO)NC1CCNCC1. The quantitative estimate of drug-likeness (QED) is 0.483. The van der Waals surface area contributed by atoms with Gasteiger partial charge in [0.05, 0.1) is 18.8 Å². The molecular weight excluding hydrogens is 180 g/mol. The fourth-order valence-corrected chi connectivity index (χ4v) is 1.87. The van der Waals surface area contributed by atoms with Crippen molar-refractivity contribution in [2.45, 2.75) is 37.8 Å². The van der Waals surface area contributed by atoms with E-state index in [1.165, 1.54) is 0 Å². The number of hydrogen-bond donors (Lipinski definition) is 4. The van der Waals surface area contributed by atoms with Gasteiger partial charge in [0.25, 0.3) is 0 Å². The van der Waals surface area contributed by atoms with Crippen LogP contribution >= 0.6 is 0 Å². The van der Waals surface area contributed by atoms with Crippen molar-refractivity contribution in [1.82, 2.24) is 10.6 Å². The van der Waals surface area contributed by atoms with Crippen molar-refractivity contribution in [1.29, 1.82) is 0 Å². The number of aliphatic hydroxyl groups is 2. The van der Waals surface area contributed by atoms with Gasteiger partial charge in [0.1, 0.15) is 0 Å². The standard InChI is InChI=1S/C10H22N2O2/c1-2-10(7-13,8-14)12-9-3-5-11-6-4-9/h9,11-14H,2-8H2,1H3. The molecule has 0 aliphatic carbocycles. The molecular formula is C10H22N2O2. The van der Waals surface area contributed by atoms with Crippen LogP contribution in [0.15, 0.2) is 0 Å². The van der Waals surface area contributed by atoms with Gasteiger partial charge in [0.15, 0.2) is 0 Å². The van der Waals surface area contributed by atoms with Gasteiger partial charge in [-0.2, -0.15) is 0 Å². The molecule has 1 rings (SSSR count). The second-order valence-corrected chi connectivity index (χ2v) is 4.12. The zero-order chi connectivity index (χ0) is 10.4. The van der Waals surface area contributed by atoms with E-state index in [9.17, 15) is 10.2 Å². The first-order valence-electron chi connectivity index (χ1n) is 5.46. The Morgan fingerprint density at radius 3 is 2.29 bits per heavy atom. The van der Waals surface area contributed by atoms with Gasteiger partial charge in [-0.15, -0.1) is 0 Å². The van der Waals surface area contributed by atoms with E-state index in [1.54, 1.807) is 0 Å². The summed E-state index contributed by atoms with van der Waals surface area (Å²) in [4.78, 5) is 0. The highest BCUT2D eigenvalue weighted by molar-refractivity contribution is 4.90. The van der Waals surface area contributed by atoms with E-state index in [4.69, 9.17) is 0 Å². The van der Waals surface area contributed by atoms with Crippen LogP contribution in [0.1, 0.15) is 26.2 Å². The fraction of sp³-hybridized carbons (Fsp3) is 1.00. The predicted molar refractivity (Wildman–Crippen MR) is 56.2 cm³/mol. The van der Waals surface area contributed by atoms with E-state index in [0.717, 1.165) is 32.4 Å². The van der Waals surface area contributed by atoms with E-state index in [0.29, 0.717) is 6.04 Å². The van der Waals surface area contributed by atoms with Gasteiger partial charge in [-0.25, -0.2) is 0 Å². The minimum absolute atomic E-state index is 0.00390. The summed E-state index contributed by atoms with van der Waals surface area (Å²) in [6, 6.07) is 0.426. The first kappa shape index (κ1) is 11.9. The Morgan fingerprint density at radius 2 is 1.86 bits per heavy atom. The molecule has 84 valence electrons. The second kappa shape index (κ2) is 5.66. The number of rotatable bonds is 5. The highest BCUT2D eigenvalue weighted by Gasteiger charge is 2.29. The Labute approximate surface area is 85.7 Å². The van der Waals surface area contributed by atoms with Crippen molar-refractivity contribution in [3.05, 3.63) is 0 Å². The van der Waals surface area contributed by atoms with Crippen LogP contribution < -0.4 is 10.6 Å². The lowest BCUT2D eigenvalue weighted by atomic mass is 9.94. The Balaban J connectivity index is 2.44. The molecule has 1 heterocycles. The smallest absolute Gasteiger partial charge is 0.0647 e. The molecule has 1 aliphatic heterocycles. The molecule has 0 bridgehead atoms. The van der Waals surface area contributed by atoms with Gasteiger partial charge in [0.2, 0.25) is 0 Å². The number of hydrogen-bond acceptors (Lipinski definition) is 4. The average molecular weight is 202 g/mol. The average Bonchev–Trinajstić information content (AvgIpc) is 2.28. The predicted octanol–water partition coefficient (Wildman–Crippen LogP) is -0.539. The number of piperidine rings is 1. The lowest BCUT2D eigenvalue weighted by Gasteiger charge is -2.36. The molecule has 4 nitrogen and oxygen atoms in total. The summed E-state index contributed by atoms with van der Waals surface area (Å²) in [6.07, 6.45) is 2.90. The third-order valence-corrected chi connectivity index (χ3v) is 3.13. The van der Waals surface area contributed by atoms with E-state index < -0.39 is 5.54 Å². The Bertz CT molecular complexity index is 146. The molecule has 0 radical (unpaired) electrons. The van der Waals surface area contributed by atoms with E-state index in [2.05, 4.69) is 10.6 Å². The first-order chi connectivity index (χ1) is 6.76. The van der Waals surface area contributed by atoms with Crippen LogP contribution in [0.25, 0.3) is 0 Å². The molecule has 0 spiro atoms. The molecule has 0 aromatic rings. The van der Waals surface area contributed by atoms with Crippen molar-refractivity contribution < 1.29 is 10.2 Å². The van der Waals surface area contributed by atoms with E-state index >= 15 is 0 Å². The molecule has 0 aromatic carbocycles. The minimum atomic E-state index is -0.484. The molecule has 4 heteroatoms. The van der Waals surface area contributed by atoms with Crippen molar-refractivity contribution in [3.63, 3.8) is 0 Å². The first-order valence-corrected chi connectivity index (χ1v) is 5.46. The molecule has 14 heavy (non-hydrogen) atoms. The number of nitrogens with one attached hydrogen (secondary N) is 2. The summed E-state index contributed by atoms with van der Waals surface area (Å²) < 4.78 is 0. The van der Waals surface area contributed by atoms with Crippen molar-refractivity contribution in [3.8, 4) is 0 Å². The highest BCUT2D eigenvalue weighted by atomic mass is 16.3. The summed E-state index contributed by atoms with van der Waals surface area (Å²) in [6.45, 7) is 4.04. The van der Waals surface area contributed by atoms with Gasteiger partial charge >= 0.3 is 0 Å². The monoisotopic (exact) mass is 202 g/mol. The van der Waals surface area contributed by atoms with E-state index in [-0.39, 0.29) is 13.2 Å². The molecule has 1 fully saturated rings. The molecule has 1 saturated heterocycles. The van der Waals surface area contributed by atoms with Crippen molar-refractivity contribution in [2.24, 2.45) is 0 Å². The summed E-state index contributed by atoms with van der Waals surface area (Å²) in [5.74, 6) is 0. The van der Waals surface area contributed by atoms with Crippen LogP contribution in [-0.4, -0.2) is 48.1 Å². The topological polar surface area (TPSA) is 64.5 Å². The number of aliphatic hydroxyl groups excluding tert-OH is 2. The molecule has 0 unspecified atom stereocenters. The summed E-state index contributed by atoms with van der Waals surface area (Å²) in [7, 11) is 0. The van der Waals surface area contributed by atoms with Crippen LogP contribution in [0.5, 0.6) is 0 Å². The van der Waals surface area contributed by atoms with Crippen LogP contribution in [0, 0.1) is 0 Å². The molecule has 0 atom stereocenters. The van der Waals surface area contributed by atoms with Crippen LogP contribution in [0.4, 0.5) is 0 Å². The maximum atomic E-state index is 9.27. The highest BCUT2D eigenvalue weighted by Crippen LogP contribution is 2.13. The molecule has 0 saturated carbocycles. The zero-order valence-corrected chi connectivity index (χ0v) is 8.92. The Morgan fingerprint density at radius 1 is 1.29 bits per heavy atom. The van der Waals surface area contributed by atoms with Crippen LogP contribution in [-0.2, 0) is 0 Å². The minimum Gasteiger partial charge on any atom is -0.394 e. The molecule has 4 N–H and O–H groups in total. The lowest BCUT2D eigenvalue weighted by molar-refractivity contribution is 0.0734. The van der Waals surface area contributed by atoms with Gasteiger partial charge in [-0.05, 0) is 32.4 Å². The second-order valence-electron chi connectivity index (χ2n) is 4.12. The largest absolute Gasteiger partial charge is 0.394 e. The van der Waals surface area contributed by atoms with Gasteiger partial charge in [-0.1, -0.05) is 6.92 Å². The maximum absolute atomic E-state index is 9.27. The van der Waals surface area contributed by atoms with Crippen LogP contribution in [0.2, 0.25) is 0 Å². The summed E-state index contributed by atoms with van der Waals surface area (Å²) in [5.41, 5.74) is -0.484. The van der Waals surface area contributed by atoms with Gasteiger partial charge in [-0.3, -0.25) is 0 Å². The normalized spacial score (nSPS) is 19.9. The zero-order valence-electron chi connectivity index (χ0n) is 8.92. The summed E-state index contributed by atoms with van der Waals surface area (Å²) in [5, 5.41) is 25.2. The Hall–Kier alpha value is -0.160. The van der Waals surface area contributed by atoms with Crippen LogP contribution in [0.3, 0.4) is 0 Å². The summed E-state index contributed by atoms with van der Waals surface area (Å²) >= 11 is 0. The van der Waals surface area contributed by atoms with Gasteiger partial charge < -0.3 is 20.8 Å². The Kier molecular flexibility index (Phi) is 4.81. The lowest BCUT2D eigenvalue weighted by Crippen LogP contribution is -2.57. The third kappa shape index (κ3) is 2.92. The van der Waals surface area contributed by atoms with Crippen molar-refractivity contribution in [2.75, 3.05) is 26.3 Å². The van der Waals surface area contributed by atoms with Gasteiger partial charge in [0, 0.05) is 6.04 Å². The third-order valence-electron chi connectivity index (χ3n) is 3.13. The van der Waals surface area contributed by atoms with Crippen molar-refractivity contribution >= 4 is 0 Å². The fourth-order valence-electron chi connectivity index (χ4n) is 1.87. The molecule has 0 amide bonds. The van der Waals surface area contributed by atoms with E-state index in [1.807, 2.05) is 6.92 Å². The maximum Gasteiger partial charge on any atom is 0.0647 e.